The van der Waals surface area contributed by atoms with Crippen molar-refractivity contribution in [2.24, 2.45) is 0 Å². The third-order valence-corrected chi connectivity index (χ3v) is 4.18. The number of hydrogen-bond acceptors (Lipinski definition) is 0. The predicted molar refractivity (Wildman–Crippen MR) is 105 cm³/mol. The van der Waals surface area contributed by atoms with Crippen LogP contribution in [0.15, 0.2) is 0 Å². The minimum absolute atomic E-state index is 0. The average molecular weight is 373 g/mol. The molecule has 0 radical (unpaired) electrons. The largest absolute Gasteiger partial charge is 1.00 e. The molecule has 0 fully saturated rings. The van der Waals surface area contributed by atoms with Gasteiger partial charge in [-0.1, -0.05) is 84.0 Å². The van der Waals surface area contributed by atoms with Gasteiger partial charge in [0.1, 0.15) is 0 Å². The molecule has 0 rings (SSSR count). The van der Waals surface area contributed by atoms with Crippen LogP contribution in [0.25, 0.3) is 0 Å². The van der Waals surface area contributed by atoms with Crippen LogP contribution in [0, 0.1) is 0 Å². The van der Waals surface area contributed by atoms with Gasteiger partial charge in [0.05, 0.1) is 27.7 Å². The molecule has 1 nitrogen and oxygen atoms in total. The molecule has 0 atom stereocenters. The Balaban J connectivity index is -0.000000602. The third-order valence-electron chi connectivity index (χ3n) is 4.18. The maximum absolute atomic E-state index is 2.29. The van der Waals surface area contributed by atoms with Gasteiger partial charge in [0.15, 0.2) is 0 Å². The first-order valence-corrected chi connectivity index (χ1v) is 9.36. The summed E-state index contributed by atoms with van der Waals surface area (Å²) >= 11 is 0. The number of hydrogen-bond donors (Lipinski definition) is 0. The molecule has 0 aromatic rings. The first-order chi connectivity index (χ1) is 9.56. The van der Waals surface area contributed by atoms with Crippen molar-refractivity contribution < 1.29 is 24.8 Å². The van der Waals surface area contributed by atoms with Crippen LogP contribution in [-0.4, -0.2) is 32.2 Å². The number of nitrogens with zero attached hydrogens (tertiary/aromatic N) is 1. The van der Waals surface area contributed by atoms with E-state index in [0.29, 0.717) is 0 Å². The topological polar surface area (TPSA) is 0 Å². The fourth-order valence-electron chi connectivity index (χ4n) is 2.78. The molecule has 0 aliphatic carbocycles. The van der Waals surface area contributed by atoms with E-state index in [4.69, 9.17) is 0 Å². The van der Waals surface area contributed by atoms with Gasteiger partial charge in [0, 0.05) is 0 Å². The van der Waals surface area contributed by atoms with Crippen molar-refractivity contribution in [1.29, 1.82) is 0 Å². The molecule has 0 aromatic heterocycles. The van der Waals surface area contributed by atoms with Crippen LogP contribution in [0.1, 0.15) is 98.2 Å². The van der Waals surface area contributed by atoms with E-state index in [1.54, 1.807) is 0 Å². The van der Waals surface area contributed by atoms with E-state index in [1.165, 1.54) is 96.4 Å². The molecule has 0 heterocycles. The second-order valence-corrected chi connectivity index (χ2v) is 7.61. The maximum atomic E-state index is 2.29. The molecule has 0 saturated carbocycles. The Morgan fingerprint density at radius 1 is 0.545 bits per heavy atom. The van der Waals surface area contributed by atoms with E-state index in [-0.39, 0.29) is 37.3 Å². The molecule has 0 aromatic carbocycles. The summed E-state index contributed by atoms with van der Waals surface area (Å²) in [6, 6.07) is 0. The molecule has 0 N–H and O–H groups in total. The Morgan fingerprint density at radius 2 is 0.818 bits per heavy atom. The van der Waals surface area contributed by atoms with Gasteiger partial charge in [-0.05, 0) is 12.8 Å². The van der Waals surface area contributed by atoms with E-state index in [1.807, 2.05) is 0 Å². The summed E-state index contributed by atoms with van der Waals surface area (Å²) in [5.74, 6) is 0. The summed E-state index contributed by atoms with van der Waals surface area (Å²) in [5, 5.41) is 0. The normalized spacial score (nSPS) is 10.9. The first-order valence-electron chi connectivity index (χ1n) is 9.36. The van der Waals surface area contributed by atoms with Crippen LogP contribution >= 0.6 is 17.0 Å². The summed E-state index contributed by atoms with van der Waals surface area (Å²) < 4.78 is 1.12. The predicted octanol–water partition coefficient (Wildman–Crippen LogP) is 3.87. The van der Waals surface area contributed by atoms with Crippen LogP contribution in [-0.2, 0) is 0 Å². The van der Waals surface area contributed by atoms with E-state index in [9.17, 15) is 0 Å². The third kappa shape index (κ3) is 26.0. The molecule has 0 amide bonds. The Kier molecular flexibility index (Phi) is 25.4. The Labute approximate surface area is 166 Å². The van der Waals surface area contributed by atoms with Crippen LogP contribution in [0.3, 0.4) is 0 Å². The van der Waals surface area contributed by atoms with Crippen molar-refractivity contribution in [2.45, 2.75) is 96.8 Å². The van der Waals surface area contributed by atoms with E-state index in [0.717, 1.165) is 4.48 Å². The van der Waals surface area contributed by atoms with Crippen molar-refractivity contribution in [3.63, 3.8) is 0 Å². The number of unbranched alkanes of at least 4 members (excludes halogenated alkanes) is 13. The zero-order valence-electron chi connectivity index (χ0n) is 17.5. The summed E-state index contributed by atoms with van der Waals surface area (Å²) in [4.78, 5) is 0. The molecule has 0 unspecified atom stereocenters. The molecule has 132 valence electrons. The Bertz CT molecular complexity index is 198. The van der Waals surface area contributed by atoms with Gasteiger partial charge in [-0.15, -0.1) is 17.0 Å². The van der Waals surface area contributed by atoms with E-state index >= 15 is 0 Å². The van der Waals surface area contributed by atoms with Gasteiger partial charge in [-0.25, -0.2) is 0 Å². The average Bonchev–Trinajstić information content (AvgIpc) is 2.38. The first kappa shape index (κ1) is 27.9. The minimum atomic E-state index is 0. The quantitative estimate of drug-likeness (QED) is 0.232. The summed E-state index contributed by atoms with van der Waals surface area (Å²) in [5.41, 5.74) is 0. The molecule has 0 bridgehead atoms. The zero-order valence-corrected chi connectivity index (χ0v) is 18.2. The fraction of sp³-hybridized carbons (Fsp3) is 1.00. The van der Waals surface area contributed by atoms with E-state index < -0.39 is 0 Å². The van der Waals surface area contributed by atoms with Crippen LogP contribution in [0.4, 0.5) is 0 Å². The molecule has 3 heteroatoms. The number of halogens is 1. The smallest absolute Gasteiger partial charge is 1.00 e. The number of rotatable bonds is 15. The van der Waals surface area contributed by atoms with Crippen LogP contribution < -0.4 is 18.9 Å². The summed E-state index contributed by atoms with van der Waals surface area (Å²) in [6.07, 6.45) is 20.4. The standard InChI is InChI=1S/C19H42N.BrH.Li.H/c1-5-6-7-8-9-10-11-12-13-14-15-16-17-18-19-20(2,3)4;;;/h5-19H2,1-4H3;1H;;/q+1;;+1;-1. The van der Waals surface area contributed by atoms with Crippen LogP contribution in [0.5, 0.6) is 0 Å². The second kappa shape index (κ2) is 20.1. The van der Waals surface area contributed by atoms with Gasteiger partial charge < -0.3 is 5.91 Å². The van der Waals surface area contributed by atoms with Crippen LogP contribution in [0.2, 0.25) is 0 Å². The Hall–Kier alpha value is 1.04. The molecule has 0 saturated heterocycles. The molecule has 0 aliphatic rings. The summed E-state index contributed by atoms with van der Waals surface area (Å²) in [6.45, 7) is 3.63. The SMILES string of the molecule is Br.CCCCCCCCCCCCCCCC[N+](C)(C)C.[H-].[Li+]. The van der Waals surface area contributed by atoms with Crippen molar-refractivity contribution in [3.8, 4) is 0 Å². The van der Waals surface area contributed by atoms with E-state index in [2.05, 4.69) is 28.1 Å². The van der Waals surface area contributed by atoms with Gasteiger partial charge in [0.25, 0.3) is 0 Å². The van der Waals surface area contributed by atoms with Gasteiger partial charge >= 0.3 is 18.9 Å². The van der Waals surface area contributed by atoms with Crippen molar-refractivity contribution >= 4 is 17.0 Å². The zero-order chi connectivity index (χ0) is 15.1. The van der Waals surface area contributed by atoms with Crippen molar-refractivity contribution in [1.82, 2.24) is 0 Å². The fourth-order valence-corrected chi connectivity index (χ4v) is 2.78. The van der Waals surface area contributed by atoms with Gasteiger partial charge in [-0.2, -0.15) is 0 Å². The monoisotopic (exact) mass is 372 g/mol. The van der Waals surface area contributed by atoms with Crippen molar-refractivity contribution in [3.05, 3.63) is 0 Å². The molecular formula is C19H44BrLiN+. The molecule has 0 aliphatic heterocycles. The van der Waals surface area contributed by atoms with Gasteiger partial charge in [0.2, 0.25) is 0 Å². The molecule has 22 heavy (non-hydrogen) atoms. The van der Waals surface area contributed by atoms with Crippen molar-refractivity contribution in [2.75, 3.05) is 27.7 Å². The second-order valence-electron chi connectivity index (χ2n) is 7.61. The molecular weight excluding hydrogens is 329 g/mol. The summed E-state index contributed by atoms with van der Waals surface area (Å²) in [7, 11) is 6.88. The minimum Gasteiger partial charge on any atom is -1.00 e. The number of quaternary nitrogens is 1. The maximum Gasteiger partial charge on any atom is 1.00 e. The van der Waals surface area contributed by atoms with Gasteiger partial charge in [-0.3, -0.25) is 0 Å². The Morgan fingerprint density at radius 3 is 1.09 bits per heavy atom. The molecule has 0 spiro atoms.